The van der Waals surface area contributed by atoms with Crippen molar-refractivity contribution >= 4 is 31.5 Å². The Kier molecular flexibility index (Phi) is 14.9. The Morgan fingerprint density at radius 1 is 0.976 bits per heavy atom. The van der Waals surface area contributed by atoms with Crippen molar-refractivity contribution in [3.63, 3.8) is 0 Å². The van der Waals surface area contributed by atoms with Gasteiger partial charge in [0.15, 0.2) is 0 Å². The van der Waals surface area contributed by atoms with Gasteiger partial charge < -0.3 is 32.1 Å². The summed E-state index contributed by atoms with van der Waals surface area (Å²) in [5.41, 5.74) is 6.81. The van der Waals surface area contributed by atoms with E-state index in [1.165, 1.54) is 12.4 Å². The molecule has 2 atom stereocenters. The van der Waals surface area contributed by atoms with Crippen LogP contribution in [0.4, 0.5) is 0 Å². The molecule has 42 heavy (non-hydrogen) atoms. The SMILES string of the molecule is BCNC(=O)CNC(=O)[C@H](CCCCN)NC(=O)[C@@H](NC(=O)CCCCCn1cc(-c2cnc(O)nc2)nn1)C(C)C. The summed E-state index contributed by atoms with van der Waals surface area (Å²) in [5, 5.41) is 28.1. The first-order chi connectivity index (χ1) is 20.1. The molecule has 230 valence electrons. The fourth-order valence-corrected chi connectivity index (χ4v) is 4.08. The third kappa shape index (κ3) is 12.2. The first kappa shape index (κ1) is 34.1. The van der Waals surface area contributed by atoms with E-state index in [4.69, 9.17) is 5.73 Å². The smallest absolute Gasteiger partial charge is 0.313 e. The second-order valence-corrected chi connectivity index (χ2v) is 10.3. The van der Waals surface area contributed by atoms with Gasteiger partial charge in [-0.05, 0) is 51.0 Å². The number of unbranched alkanes of at least 4 members (excludes halogenated alkanes) is 3. The summed E-state index contributed by atoms with van der Waals surface area (Å²) in [4.78, 5) is 57.7. The average Bonchev–Trinajstić information content (AvgIpc) is 3.43. The van der Waals surface area contributed by atoms with Gasteiger partial charge in [-0.2, -0.15) is 0 Å². The number of hydrogen-bond acceptors (Lipinski definition) is 10. The molecule has 0 saturated heterocycles. The van der Waals surface area contributed by atoms with Crippen molar-refractivity contribution in [2.45, 2.75) is 77.4 Å². The molecule has 0 aromatic carbocycles. The minimum Gasteiger partial charge on any atom is -0.479 e. The molecule has 0 aliphatic carbocycles. The summed E-state index contributed by atoms with van der Waals surface area (Å²) in [5.74, 6) is -1.70. The lowest BCUT2D eigenvalue weighted by atomic mass is 10.0. The summed E-state index contributed by atoms with van der Waals surface area (Å²) in [6.45, 7) is 4.52. The lowest BCUT2D eigenvalue weighted by Crippen LogP contribution is -2.56. The number of carbonyl (C=O) groups is 4. The van der Waals surface area contributed by atoms with E-state index in [1.54, 1.807) is 18.7 Å². The largest absolute Gasteiger partial charge is 0.479 e. The Hall–Kier alpha value is -4.08. The summed E-state index contributed by atoms with van der Waals surface area (Å²) < 4.78 is 1.69. The first-order valence-electron chi connectivity index (χ1n) is 14.4. The Balaban J connectivity index is 1.81. The maximum atomic E-state index is 13.1. The maximum Gasteiger partial charge on any atom is 0.313 e. The number of nitrogens with zero attached hydrogens (tertiary/aromatic N) is 5. The average molecular weight is 587 g/mol. The van der Waals surface area contributed by atoms with E-state index in [9.17, 15) is 24.3 Å². The molecule has 16 heteroatoms. The number of amides is 4. The summed E-state index contributed by atoms with van der Waals surface area (Å²) in [6, 6.07) is -1.98. The zero-order valence-corrected chi connectivity index (χ0v) is 24.6. The van der Waals surface area contributed by atoms with Gasteiger partial charge in [0.05, 0.1) is 12.7 Å². The molecule has 0 saturated carbocycles. The van der Waals surface area contributed by atoms with Gasteiger partial charge in [0.2, 0.25) is 23.6 Å². The third-order valence-electron chi connectivity index (χ3n) is 6.41. The van der Waals surface area contributed by atoms with Crippen LogP contribution >= 0.6 is 0 Å². The number of aromatic hydroxyl groups is 1. The van der Waals surface area contributed by atoms with Crippen LogP contribution in [0.1, 0.15) is 58.8 Å². The fourth-order valence-electron chi connectivity index (χ4n) is 4.08. The molecule has 0 aliphatic heterocycles. The van der Waals surface area contributed by atoms with E-state index in [2.05, 4.69) is 41.5 Å². The lowest BCUT2D eigenvalue weighted by molar-refractivity contribution is -0.133. The van der Waals surface area contributed by atoms with E-state index >= 15 is 0 Å². The normalized spacial score (nSPS) is 12.4. The van der Waals surface area contributed by atoms with Crippen LogP contribution in [0.3, 0.4) is 0 Å². The topological polar surface area (TPSA) is 219 Å². The van der Waals surface area contributed by atoms with Crippen molar-refractivity contribution in [3.8, 4) is 17.3 Å². The van der Waals surface area contributed by atoms with E-state index in [1.807, 2.05) is 13.8 Å². The zero-order valence-electron chi connectivity index (χ0n) is 24.6. The molecule has 0 radical (unpaired) electrons. The third-order valence-corrected chi connectivity index (χ3v) is 6.41. The van der Waals surface area contributed by atoms with Crippen LogP contribution in [0.2, 0.25) is 0 Å². The van der Waals surface area contributed by atoms with Crippen molar-refractivity contribution < 1.29 is 24.3 Å². The number of aromatic nitrogens is 5. The van der Waals surface area contributed by atoms with E-state index < -0.39 is 23.9 Å². The van der Waals surface area contributed by atoms with Crippen molar-refractivity contribution in [2.24, 2.45) is 11.7 Å². The predicted octanol–water partition coefficient (Wildman–Crippen LogP) is -1.42. The van der Waals surface area contributed by atoms with Crippen LogP contribution in [-0.4, -0.2) is 93.2 Å². The van der Waals surface area contributed by atoms with Gasteiger partial charge in [0, 0.05) is 30.9 Å². The van der Waals surface area contributed by atoms with E-state index in [-0.39, 0.29) is 36.7 Å². The molecule has 0 unspecified atom stereocenters. The van der Waals surface area contributed by atoms with Gasteiger partial charge in [0.25, 0.3) is 0 Å². The van der Waals surface area contributed by atoms with Crippen molar-refractivity contribution in [2.75, 3.05) is 19.5 Å². The molecule has 2 aromatic heterocycles. The summed E-state index contributed by atoms with van der Waals surface area (Å²) in [7, 11) is 1.78. The second-order valence-electron chi connectivity index (χ2n) is 10.3. The van der Waals surface area contributed by atoms with Gasteiger partial charge in [-0.15, -0.1) is 5.10 Å². The second kappa shape index (κ2) is 18.4. The van der Waals surface area contributed by atoms with E-state index in [0.717, 1.165) is 12.8 Å². The Morgan fingerprint density at radius 2 is 1.71 bits per heavy atom. The Labute approximate surface area is 246 Å². The maximum absolute atomic E-state index is 13.1. The van der Waals surface area contributed by atoms with Crippen molar-refractivity contribution in [1.29, 1.82) is 0 Å². The molecular weight excluding hydrogens is 543 g/mol. The molecule has 7 N–H and O–H groups in total. The van der Waals surface area contributed by atoms with Gasteiger partial charge in [-0.3, -0.25) is 23.9 Å². The zero-order chi connectivity index (χ0) is 30.9. The summed E-state index contributed by atoms with van der Waals surface area (Å²) in [6.07, 6.45) is 9.20. The van der Waals surface area contributed by atoms with Crippen LogP contribution in [0.15, 0.2) is 18.6 Å². The molecule has 2 rings (SSSR count). The molecule has 0 aliphatic rings. The molecule has 0 fully saturated rings. The first-order valence-corrected chi connectivity index (χ1v) is 14.4. The predicted molar refractivity (Wildman–Crippen MR) is 157 cm³/mol. The van der Waals surface area contributed by atoms with Crippen LogP contribution in [0.5, 0.6) is 6.01 Å². The van der Waals surface area contributed by atoms with Crippen LogP contribution in [-0.2, 0) is 25.7 Å². The van der Waals surface area contributed by atoms with Gasteiger partial charge >= 0.3 is 6.01 Å². The van der Waals surface area contributed by atoms with Gasteiger partial charge in [-0.25, -0.2) is 9.97 Å². The highest BCUT2D eigenvalue weighted by Gasteiger charge is 2.28. The molecular formula is C26H43BN10O5. The van der Waals surface area contributed by atoms with Crippen LogP contribution < -0.4 is 27.0 Å². The molecule has 0 bridgehead atoms. The van der Waals surface area contributed by atoms with Crippen molar-refractivity contribution in [3.05, 3.63) is 18.6 Å². The minimum absolute atomic E-state index is 0.189. The van der Waals surface area contributed by atoms with E-state index in [0.29, 0.717) is 56.5 Å². The summed E-state index contributed by atoms with van der Waals surface area (Å²) >= 11 is 0. The fraction of sp³-hybridized carbons (Fsp3) is 0.615. The van der Waals surface area contributed by atoms with Crippen molar-refractivity contribution in [1.82, 2.24) is 46.2 Å². The molecule has 2 heterocycles. The highest BCUT2D eigenvalue weighted by molar-refractivity contribution is 6.10. The lowest BCUT2D eigenvalue weighted by Gasteiger charge is -2.25. The number of aryl methyl sites for hydroxylation is 1. The number of carbonyl (C=O) groups excluding carboxylic acids is 4. The highest BCUT2D eigenvalue weighted by atomic mass is 16.3. The molecule has 2 aromatic rings. The Morgan fingerprint density at radius 3 is 2.38 bits per heavy atom. The monoisotopic (exact) mass is 586 g/mol. The highest BCUT2D eigenvalue weighted by Crippen LogP contribution is 2.15. The number of hydrogen-bond donors (Lipinski definition) is 6. The number of nitrogens with two attached hydrogens (primary N) is 1. The molecule has 15 nitrogen and oxygen atoms in total. The van der Waals surface area contributed by atoms with Crippen LogP contribution in [0, 0.1) is 5.92 Å². The van der Waals surface area contributed by atoms with Crippen LogP contribution in [0.25, 0.3) is 11.3 Å². The molecule has 4 amide bonds. The molecule has 0 spiro atoms. The number of nitrogens with one attached hydrogen (secondary N) is 4. The van der Waals surface area contributed by atoms with Gasteiger partial charge in [0.1, 0.15) is 25.6 Å². The van der Waals surface area contributed by atoms with Gasteiger partial charge in [-0.1, -0.05) is 25.5 Å². The standard InChI is InChI=1S/C26H43BN10O5/c1-17(2)23(25(41)33-19(8-5-6-10-28)24(40)29-14-22(39)32-16-27)34-21(38)9-4-3-7-11-37-15-20(35-36-37)18-12-30-26(42)31-13-18/h12-13,15,17,19,23H,3-11,14,16,27-28H2,1-2H3,(H,29,40)(H,32,39)(H,33,41)(H,34,38)(H,30,31,42)/t19-,23-/m0/s1. The minimum atomic E-state index is -0.851. The number of rotatable bonds is 19. The quantitative estimate of drug-likeness (QED) is 0.0833. The Bertz CT molecular complexity index is 1140.